The summed E-state index contributed by atoms with van der Waals surface area (Å²) < 4.78 is 5.58. The van der Waals surface area contributed by atoms with Gasteiger partial charge < -0.3 is 4.43 Å². The number of rotatable bonds is 7. The highest BCUT2D eigenvalue weighted by Crippen LogP contribution is 2.05. The Bertz CT molecular complexity index is 96.5. The van der Waals surface area contributed by atoms with Gasteiger partial charge in [0.1, 0.15) is 0 Å². The molecule has 0 heterocycles. The monoisotopic (exact) mass is 187 g/mol. The summed E-state index contributed by atoms with van der Waals surface area (Å²) in [6, 6.07) is 0. The van der Waals surface area contributed by atoms with Crippen LogP contribution < -0.4 is 0 Å². The van der Waals surface area contributed by atoms with Gasteiger partial charge >= 0.3 is 0 Å². The van der Waals surface area contributed by atoms with Crippen molar-refractivity contribution in [3.05, 3.63) is 0 Å². The van der Waals surface area contributed by atoms with Crippen LogP contribution in [-0.2, 0) is 4.43 Å². The Labute approximate surface area is 79.2 Å². The molecule has 0 bridgehead atoms. The van der Waals surface area contributed by atoms with Crippen molar-refractivity contribution in [3.8, 4) is 0 Å². The van der Waals surface area contributed by atoms with Gasteiger partial charge in [0.2, 0.25) is 9.76 Å². The first-order chi connectivity index (χ1) is 5.74. The van der Waals surface area contributed by atoms with E-state index in [-0.39, 0.29) is 0 Å². The average Bonchev–Trinajstić information content (AvgIpc) is 2.12. The molecule has 1 unspecified atom stereocenters. The van der Waals surface area contributed by atoms with E-state index in [4.69, 9.17) is 4.43 Å². The molecule has 2 radical (unpaired) electrons. The molecule has 0 spiro atoms. The normalized spacial score (nSPS) is 13.8. The van der Waals surface area contributed by atoms with Crippen LogP contribution in [0.25, 0.3) is 0 Å². The van der Waals surface area contributed by atoms with Crippen LogP contribution in [0.3, 0.4) is 0 Å². The highest BCUT2D eigenvalue weighted by Gasteiger charge is 2.03. The first-order valence-corrected chi connectivity index (χ1v) is 5.82. The van der Waals surface area contributed by atoms with Crippen LogP contribution in [0.2, 0.25) is 5.54 Å². The van der Waals surface area contributed by atoms with Crippen LogP contribution in [0.4, 0.5) is 0 Å². The van der Waals surface area contributed by atoms with Crippen LogP contribution in [0.1, 0.15) is 34.1 Å². The molecular weight excluding hydrogens is 166 g/mol. The van der Waals surface area contributed by atoms with Gasteiger partial charge in [0.15, 0.2) is 0 Å². The zero-order valence-corrected chi connectivity index (χ0v) is 9.76. The summed E-state index contributed by atoms with van der Waals surface area (Å²) in [5, 5.41) is 0. The van der Waals surface area contributed by atoms with Gasteiger partial charge in [-0.15, -0.1) is 0 Å². The molecule has 12 heavy (non-hydrogen) atoms. The van der Waals surface area contributed by atoms with Gasteiger partial charge in [0, 0.05) is 0 Å². The summed E-state index contributed by atoms with van der Waals surface area (Å²) in [7, 11) is 0.663. The summed E-state index contributed by atoms with van der Waals surface area (Å²) in [5.74, 6) is 0. The van der Waals surface area contributed by atoms with Gasteiger partial charge in [0.05, 0.1) is 6.73 Å². The number of nitrogens with zero attached hydrogens (tertiary/aromatic N) is 1. The van der Waals surface area contributed by atoms with E-state index in [9.17, 15) is 0 Å². The van der Waals surface area contributed by atoms with Crippen LogP contribution >= 0.6 is 0 Å². The first kappa shape index (κ1) is 12.1. The number of hydrogen-bond acceptors (Lipinski definition) is 2. The molecule has 72 valence electrons. The van der Waals surface area contributed by atoms with E-state index < -0.39 is 0 Å². The third-order valence-electron chi connectivity index (χ3n) is 2.04. The highest BCUT2D eigenvalue weighted by molar-refractivity contribution is 6.29. The molecule has 1 atom stereocenters. The Kier molecular flexibility index (Phi) is 7.86. The summed E-state index contributed by atoms with van der Waals surface area (Å²) >= 11 is 0. The standard InChI is InChI=1S/C9H21NOSi/c1-5-9(4)12-11-8-10(6-2)7-3/h9H,5-8H2,1-4H3. The van der Waals surface area contributed by atoms with Crippen molar-refractivity contribution in [1.29, 1.82) is 0 Å². The van der Waals surface area contributed by atoms with Crippen molar-refractivity contribution in [2.24, 2.45) is 0 Å². The van der Waals surface area contributed by atoms with E-state index in [1.165, 1.54) is 6.42 Å². The molecule has 2 nitrogen and oxygen atoms in total. The van der Waals surface area contributed by atoms with Gasteiger partial charge in [-0.05, 0) is 18.6 Å². The molecule has 0 fully saturated rings. The second-order valence-corrected chi connectivity index (χ2v) is 4.51. The predicted octanol–water partition coefficient (Wildman–Crippen LogP) is 2.14. The summed E-state index contributed by atoms with van der Waals surface area (Å²) in [6.45, 7) is 11.7. The van der Waals surface area contributed by atoms with Crippen LogP contribution in [0.5, 0.6) is 0 Å². The summed E-state index contributed by atoms with van der Waals surface area (Å²) in [4.78, 5) is 2.29. The zero-order chi connectivity index (χ0) is 9.40. The van der Waals surface area contributed by atoms with Gasteiger partial charge in [-0.3, -0.25) is 4.90 Å². The van der Waals surface area contributed by atoms with Crippen molar-refractivity contribution in [2.75, 3.05) is 19.8 Å². The maximum Gasteiger partial charge on any atom is 0.234 e. The lowest BCUT2D eigenvalue weighted by Gasteiger charge is -2.18. The molecule has 0 saturated heterocycles. The molecule has 0 amide bonds. The molecule has 0 aliphatic heterocycles. The molecule has 0 N–H and O–H groups in total. The topological polar surface area (TPSA) is 12.5 Å². The van der Waals surface area contributed by atoms with E-state index in [2.05, 4.69) is 32.6 Å². The quantitative estimate of drug-likeness (QED) is 0.447. The molecule has 0 rings (SSSR count). The summed E-state index contributed by atoms with van der Waals surface area (Å²) in [6.07, 6.45) is 1.22. The lowest BCUT2D eigenvalue weighted by Crippen LogP contribution is -2.27. The first-order valence-electron chi connectivity index (χ1n) is 4.84. The van der Waals surface area contributed by atoms with E-state index in [1.807, 2.05) is 0 Å². The maximum absolute atomic E-state index is 5.58. The lowest BCUT2D eigenvalue weighted by atomic mass is 10.4. The Morgan fingerprint density at radius 1 is 1.25 bits per heavy atom. The van der Waals surface area contributed by atoms with Crippen LogP contribution in [0, 0.1) is 0 Å². The van der Waals surface area contributed by atoms with Crippen molar-refractivity contribution < 1.29 is 4.43 Å². The Hall–Kier alpha value is 0.137. The minimum Gasteiger partial charge on any atom is -0.404 e. The second kappa shape index (κ2) is 7.77. The van der Waals surface area contributed by atoms with Crippen molar-refractivity contribution >= 4 is 9.76 Å². The summed E-state index contributed by atoms with van der Waals surface area (Å²) in [5.41, 5.74) is 0.723. The molecule has 0 aromatic heterocycles. The Balaban J connectivity index is 3.28. The largest absolute Gasteiger partial charge is 0.404 e. The van der Waals surface area contributed by atoms with E-state index in [0.717, 1.165) is 25.4 Å². The SMILES string of the molecule is CCC(C)[Si]OCN(CC)CC. The lowest BCUT2D eigenvalue weighted by molar-refractivity contribution is 0.140. The fourth-order valence-electron chi connectivity index (χ4n) is 0.760. The van der Waals surface area contributed by atoms with Crippen molar-refractivity contribution in [3.63, 3.8) is 0 Å². The van der Waals surface area contributed by atoms with E-state index in [0.29, 0.717) is 9.76 Å². The molecule has 0 aromatic carbocycles. The third kappa shape index (κ3) is 5.74. The maximum atomic E-state index is 5.58. The Morgan fingerprint density at radius 2 is 1.83 bits per heavy atom. The number of hydrogen-bond donors (Lipinski definition) is 0. The molecule has 0 aromatic rings. The van der Waals surface area contributed by atoms with E-state index in [1.54, 1.807) is 0 Å². The fraction of sp³-hybridized carbons (Fsp3) is 1.00. The fourth-order valence-corrected chi connectivity index (χ4v) is 1.47. The van der Waals surface area contributed by atoms with E-state index >= 15 is 0 Å². The second-order valence-electron chi connectivity index (χ2n) is 3.00. The van der Waals surface area contributed by atoms with Crippen LogP contribution in [-0.4, -0.2) is 34.5 Å². The average molecular weight is 187 g/mol. The third-order valence-corrected chi connectivity index (χ3v) is 3.14. The van der Waals surface area contributed by atoms with Crippen LogP contribution in [0.15, 0.2) is 0 Å². The van der Waals surface area contributed by atoms with Gasteiger partial charge in [-0.1, -0.05) is 34.1 Å². The highest BCUT2D eigenvalue weighted by atomic mass is 28.2. The molecule has 0 aliphatic rings. The molecular formula is C9H21NOSi. The minimum atomic E-state index is 0.663. The van der Waals surface area contributed by atoms with Crippen molar-refractivity contribution in [2.45, 2.75) is 39.7 Å². The van der Waals surface area contributed by atoms with Gasteiger partial charge in [-0.25, -0.2) is 0 Å². The smallest absolute Gasteiger partial charge is 0.234 e. The Morgan fingerprint density at radius 3 is 2.25 bits per heavy atom. The van der Waals surface area contributed by atoms with Gasteiger partial charge in [0.25, 0.3) is 0 Å². The van der Waals surface area contributed by atoms with Gasteiger partial charge in [-0.2, -0.15) is 0 Å². The minimum absolute atomic E-state index is 0.663. The molecule has 0 aliphatic carbocycles. The molecule has 3 heteroatoms. The zero-order valence-electron chi connectivity index (χ0n) is 8.76. The predicted molar refractivity (Wildman–Crippen MR) is 54.3 cm³/mol. The molecule has 0 saturated carbocycles. The van der Waals surface area contributed by atoms with Crippen molar-refractivity contribution in [1.82, 2.24) is 4.90 Å².